The molecule has 0 aliphatic carbocycles. The van der Waals surface area contributed by atoms with Crippen molar-refractivity contribution in [3.8, 4) is 0 Å². The molecule has 1 fully saturated rings. The summed E-state index contributed by atoms with van der Waals surface area (Å²) in [4.78, 5) is 39.6. The Hall–Kier alpha value is -3.65. The van der Waals surface area contributed by atoms with Crippen molar-refractivity contribution in [2.45, 2.75) is 12.8 Å². The number of para-hydroxylation sites is 1. The topological polar surface area (TPSA) is 90.5 Å². The molecular weight excluding hydrogens is 412 g/mol. The number of benzene rings is 2. The number of hydrogen-bond acceptors (Lipinski definition) is 4. The van der Waals surface area contributed by atoms with Gasteiger partial charge in [-0.3, -0.25) is 14.9 Å². The molecule has 31 heavy (non-hydrogen) atoms. The minimum absolute atomic E-state index is 0.0133. The lowest BCUT2D eigenvalue weighted by Gasteiger charge is -2.15. The van der Waals surface area contributed by atoms with Gasteiger partial charge in [-0.2, -0.15) is 0 Å². The Kier molecular flexibility index (Phi) is 6.28. The predicted molar refractivity (Wildman–Crippen MR) is 123 cm³/mol. The van der Waals surface area contributed by atoms with Gasteiger partial charge in [-0.15, -0.1) is 11.3 Å². The molecule has 3 N–H and O–H groups in total. The maximum absolute atomic E-state index is 12.6. The Morgan fingerprint density at radius 1 is 0.774 bits per heavy atom. The van der Waals surface area contributed by atoms with Crippen LogP contribution in [-0.4, -0.2) is 35.8 Å². The van der Waals surface area contributed by atoms with E-state index in [1.807, 2.05) is 23.1 Å². The van der Waals surface area contributed by atoms with Crippen molar-refractivity contribution in [1.29, 1.82) is 0 Å². The van der Waals surface area contributed by atoms with Crippen molar-refractivity contribution in [3.63, 3.8) is 0 Å². The highest BCUT2D eigenvalue weighted by molar-refractivity contribution is 7.18. The van der Waals surface area contributed by atoms with Crippen molar-refractivity contribution in [2.75, 3.05) is 29.0 Å². The monoisotopic (exact) mass is 434 g/mol. The maximum atomic E-state index is 12.6. The molecule has 0 saturated carbocycles. The SMILES string of the molecule is O=C(Nc1ccccc1)Nc1ccc(C(=O)Nc2cccc(C(=O)N3CCCC3)c2)s1. The second-order valence-corrected chi connectivity index (χ2v) is 8.23. The lowest BCUT2D eigenvalue weighted by molar-refractivity contribution is 0.0792. The molecule has 0 bridgehead atoms. The molecule has 2 heterocycles. The highest BCUT2D eigenvalue weighted by atomic mass is 32.1. The summed E-state index contributed by atoms with van der Waals surface area (Å²) in [5, 5.41) is 8.83. The number of anilines is 3. The molecule has 4 rings (SSSR count). The molecule has 0 spiro atoms. The van der Waals surface area contributed by atoms with Gasteiger partial charge in [0.25, 0.3) is 11.8 Å². The van der Waals surface area contributed by atoms with Gasteiger partial charge in [0, 0.05) is 30.0 Å². The van der Waals surface area contributed by atoms with E-state index < -0.39 is 0 Å². The molecule has 0 unspecified atom stereocenters. The Morgan fingerprint density at radius 2 is 1.52 bits per heavy atom. The molecule has 3 aromatic rings. The van der Waals surface area contributed by atoms with Crippen LogP contribution in [0.4, 0.5) is 21.2 Å². The third-order valence-electron chi connectivity index (χ3n) is 4.86. The lowest BCUT2D eigenvalue weighted by atomic mass is 10.1. The number of hydrogen-bond donors (Lipinski definition) is 3. The van der Waals surface area contributed by atoms with E-state index in [4.69, 9.17) is 0 Å². The molecule has 2 aromatic carbocycles. The molecule has 1 aromatic heterocycles. The molecule has 1 aliphatic heterocycles. The fourth-order valence-electron chi connectivity index (χ4n) is 3.35. The van der Waals surface area contributed by atoms with Crippen molar-refractivity contribution >= 4 is 45.6 Å². The summed E-state index contributed by atoms with van der Waals surface area (Å²) in [6, 6.07) is 19.0. The number of nitrogens with zero attached hydrogens (tertiary/aromatic N) is 1. The Balaban J connectivity index is 1.36. The predicted octanol–water partition coefficient (Wildman–Crippen LogP) is 4.88. The number of urea groups is 1. The van der Waals surface area contributed by atoms with Gasteiger partial charge in [0.05, 0.1) is 9.88 Å². The molecular formula is C23H22N4O3S. The van der Waals surface area contributed by atoms with E-state index in [0.717, 1.165) is 25.9 Å². The quantitative estimate of drug-likeness (QED) is 0.534. The zero-order valence-corrected chi connectivity index (χ0v) is 17.6. The van der Waals surface area contributed by atoms with Gasteiger partial charge < -0.3 is 15.5 Å². The Bertz CT molecular complexity index is 1090. The summed E-state index contributed by atoms with van der Waals surface area (Å²) in [7, 11) is 0. The Morgan fingerprint density at radius 3 is 2.29 bits per heavy atom. The van der Waals surface area contributed by atoms with Crippen LogP contribution in [0.15, 0.2) is 66.7 Å². The third kappa shape index (κ3) is 5.29. The second kappa shape index (κ2) is 9.44. The normalized spacial score (nSPS) is 13.0. The van der Waals surface area contributed by atoms with Crippen LogP contribution >= 0.6 is 11.3 Å². The average Bonchev–Trinajstić information content (AvgIpc) is 3.46. The van der Waals surface area contributed by atoms with Gasteiger partial charge >= 0.3 is 6.03 Å². The van der Waals surface area contributed by atoms with Crippen LogP contribution in [0.2, 0.25) is 0 Å². The van der Waals surface area contributed by atoms with Gasteiger partial charge in [-0.05, 0) is 55.3 Å². The zero-order valence-electron chi connectivity index (χ0n) is 16.8. The van der Waals surface area contributed by atoms with E-state index in [1.165, 1.54) is 11.3 Å². The van der Waals surface area contributed by atoms with E-state index >= 15 is 0 Å². The molecule has 1 aliphatic rings. The first-order chi connectivity index (χ1) is 15.1. The van der Waals surface area contributed by atoms with E-state index in [-0.39, 0.29) is 17.8 Å². The molecule has 1 saturated heterocycles. The number of likely N-dealkylation sites (tertiary alicyclic amines) is 1. The summed E-state index contributed by atoms with van der Waals surface area (Å²) in [6.45, 7) is 1.55. The number of carbonyl (C=O) groups excluding carboxylic acids is 3. The van der Waals surface area contributed by atoms with Gasteiger partial charge in [0.15, 0.2) is 0 Å². The number of nitrogens with one attached hydrogen (secondary N) is 3. The van der Waals surface area contributed by atoms with Gasteiger partial charge in [-0.1, -0.05) is 24.3 Å². The average molecular weight is 435 g/mol. The molecule has 158 valence electrons. The molecule has 0 atom stereocenters. The van der Waals surface area contributed by atoms with Crippen LogP contribution < -0.4 is 16.0 Å². The van der Waals surface area contributed by atoms with Crippen molar-refractivity contribution in [3.05, 3.63) is 77.2 Å². The first kappa shape index (κ1) is 20.6. The molecule has 0 radical (unpaired) electrons. The lowest BCUT2D eigenvalue weighted by Crippen LogP contribution is -2.27. The number of rotatable bonds is 5. The molecule has 7 nitrogen and oxygen atoms in total. The highest BCUT2D eigenvalue weighted by Crippen LogP contribution is 2.24. The van der Waals surface area contributed by atoms with Crippen LogP contribution in [0.5, 0.6) is 0 Å². The minimum Gasteiger partial charge on any atom is -0.339 e. The molecule has 4 amide bonds. The van der Waals surface area contributed by atoms with Crippen molar-refractivity contribution in [2.24, 2.45) is 0 Å². The first-order valence-electron chi connectivity index (χ1n) is 10.0. The molecule has 8 heteroatoms. The van der Waals surface area contributed by atoms with E-state index in [9.17, 15) is 14.4 Å². The fraction of sp³-hybridized carbons (Fsp3) is 0.174. The number of carbonyl (C=O) groups is 3. The third-order valence-corrected chi connectivity index (χ3v) is 5.86. The second-order valence-electron chi connectivity index (χ2n) is 7.14. The summed E-state index contributed by atoms with van der Waals surface area (Å²) in [5.41, 5.74) is 1.79. The van der Waals surface area contributed by atoms with Crippen molar-refractivity contribution < 1.29 is 14.4 Å². The van der Waals surface area contributed by atoms with Crippen LogP contribution in [0.3, 0.4) is 0 Å². The fourth-order valence-corrected chi connectivity index (χ4v) is 4.14. The van der Waals surface area contributed by atoms with Gasteiger partial charge in [-0.25, -0.2) is 4.79 Å². The standard InChI is InChI=1S/C23H22N4O3S/c28-21(24-18-10-6-7-16(15-18)22(29)27-13-4-5-14-27)19-11-12-20(31-19)26-23(30)25-17-8-2-1-3-9-17/h1-3,6-12,15H,4-5,13-14H2,(H,24,28)(H2,25,26,30). The van der Waals surface area contributed by atoms with Gasteiger partial charge in [0.2, 0.25) is 0 Å². The smallest absolute Gasteiger partial charge is 0.324 e. The summed E-state index contributed by atoms with van der Waals surface area (Å²) >= 11 is 1.17. The van der Waals surface area contributed by atoms with Crippen molar-refractivity contribution in [1.82, 2.24) is 4.90 Å². The summed E-state index contributed by atoms with van der Waals surface area (Å²) in [5.74, 6) is -0.312. The highest BCUT2D eigenvalue weighted by Gasteiger charge is 2.20. The number of thiophene rings is 1. The minimum atomic E-state index is -0.381. The van der Waals surface area contributed by atoms with E-state index in [2.05, 4.69) is 16.0 Å². The summed E-state index contributed by atoms with van der Waals surface area (Å²) < 4.78 is 0. The largest absolute Gasteiger partial charge is 0.339 e. The zero-order chi connectivity index (χ0) is 21.6. The van der Waals surface area contributed by atoms with E-state index in [1.54, 1.807) is 48.5 Å². The first-order valence-corrected chi connectivity index (χ1v) is 10.8. The maximum Gasteiger partial charge on any atom is 0.324 e. The Labute approximate surface area is 184 Å². The summed E-state index contributed by atoms with van der Waals surface area (Å²) in [6.07, 6.45) is 2.06. The van der Waals surface area contributed by atoms with Crippen LogP contribution in [0.1, 0.15) is 32.9 Å². The van der Waals surface area contributed by atoms with Crippen LogP contribution in [0.25, 0.3) is 0 Å². The van der Waals surface area contributed by atoms with Crippen LogP contribution in [0, 0.1) is 0 Å². The number of amides is 4. The van der Waals surface area contributed by atoms with Gasteiger partial charge in [0.1, 0.15) is 0 Å². The van der Waals surface area contributed by atoms with E-state index in [0.29, 0.717) is 26.8 Å². The van der Waals surface area contributed by atoms with Crippen LogP contribution in [-0.2, 0) is 0 Å².